The first-order valence-corrected chi connectivity index (χ1v) is 12.9. The summed E-state index contributed by atoms with van der Waals surface area (Å²) in [6.07, 6.45) is -0.247. The molecule has 0 spiro atoms. The van der Waals surface area contributed by atoms with E-state index in [9.17, 15) is 9.59 Å². The average molecular weight is 623 g/mol. The van der Waals surface area contributed by atoms with Gasteiger partial charge in [-0.3, -0.25) is 15.0 Å². The number of ether oxygens (including phenoxy) is 4. The topological polar surface area (TPSA) is 101 Å². The predicted octanol–water partition coefficient (Wildman–Crippen LogP) is 4.89. The normalized spacial score (nSPS) is 16.0. The molecule has 1 atom stereocenters. The number of esters is 1. The zero-order valence-corrected chi connectivity index (χ0v) is 25.7. The fraction of sp³-hybridized carbons (Fsp3) is 0.483. The lowest BCUT2D eigenvalue weighted by Crippen LogP contribution is -2.40. The highest BCUT2D eigenvalue weighted by atomic mass is 79.9. The first-order chi connectivity index (χ1) is 18.4. The Morgan fingerprint density at radius 1 is 1.18 bits per heavy atom. The highest BCUT2D eigenvalue weighted by molar-refractivity contribution is 8.93. The van der Waals surface area contributed by atoms with Gasteiger partial charge in [0.2, 0.25) is 0 Å². The molecule has 218 valence electrons. The molecule has 0 bridgehead atoms. The van der Waals surface area contributed by atoms with Gasteiger partial charge in [-0.05, 0) is 36.1 Å². The average Bonchev–Trinajstić information content (AvgIpc) is 3.17. The van der Waals surface area contributed by atoms with Crippen molar-refractivity contribution in [2.24, 2.45) is 0 Å². The number of Topliss-reactive ketones (excluding diaryl/α,β-unsaturated/α-hetero) is 1. The molecular formula is C29H37BrFN3O6. The SMILES string of the molecule is Br.CCOC(=O)CC1CN(C)c2cc(C(=O)CN3Cc4cc(OC)c(OC)c(F)c4C3=N)cc(C(C)(C)C)c2O1. The van der Waals surface area contributed by atoms with Crippen molar-refractivity contribution in [3.8, 4) is 17.2 Å². The second-order valence-corrected chi connectivity index (χ2v) is 10.8. The van der Waals surface area contributed by atoms with Crippen LogP contribution in [0, 0.1) is 11.2 Å². The van der Waals surface area contributed by atoms with Gasteiger partial charge in [0.05, 0.1) is 51.6 Å². The zero-order chi connectivity index (χ0) is 28.6. The molecule has 0 saturated carbocycles. The van der Waals surface area contributed by atoms with E-state index >= 15 is 4.39 Å². The Bertz CT molecular complexity index is 1330. The van der Waals surface area contributed by atoms with Gasteiger partial charge >= 0.3 is 5.97 Å². The van der Waals surface area contributed by atoms with Gasteiger partial charge in [-0.25, -0.2) is 4.39 Å². The summed E-state index contributed by atoms with van der Waals surface area (Å²) in [5, 5.41) is 8.59. The fourth-order valence-electron chi connectivity index (χ4n) is 5.08. The molecule has 0 aromatic heterocycles. The predicted molar refractivity (Wildman–Crippen MR) is 155 cm³/mol. The maximum atomic E-state index is 15.2. The number of amidine groups is 1. The van der Waals surface area contributed by atoms with Gasteiger partial charge in [0.15, 0.2) is 23.1 Å². The van der Waals surface area contributed by atoms with Crippen LogP contribution in [0.3, 0.4) is 0 Å². The molecular weight excluding hydrogens is 585 g/mol. The number of nitrogens with one attached hydrogen (secondary N) is 1. The lowest BCUT2D eigenvalue weighted by atomic mass is 9.83. The van der Waals surface area contributed by atoms with Gasteiger partial charge in [-0.15, -0.1) is 17.0 Å². The first-order valence-electron chi connectivity index (χ1n) is 12.9. The van der Waals surface area contributed by atoms with Gasteiger partial charge in [0, 0.05) is 24.7 Å². The molecule has 2 aromatic rings. The summed E-state index contributed by atoms with van der Waals surface area (Å²) in [6, 6.07) is 5.25. The molecule has 2 aliphatic heterocycles. The minimum Gasteiger partial charge on any atom is -0.493 e. The van der Waals surface area contributed by atoms with Crippen LogP contribution in [0.15, 0.2) is 18.2 Å². The number of ketones is 1. The third-order valence-corrected chi connectivity index (χ3v) is 7.01. The second kappa shape index (κ2) is 12.0. The monoisotopic (exact) mass is 621 g/mol. The molecule has 0 amide bonds. The van der Waals surface area contributed by atoms with Gasteiger partial charge in [-0.2, -0.15) is 0 Å². The van der Waals surface area contributed by atoms with Crippen molar-refractivity contribution in [2.75, 3.05) is 45.9 Å². The van der Waals surface area contributed by atoms with E-state index in [-0.39, 0.29) is 82.7 Å². The Kier molecular flexibility index (Phi) is 9.39. The van der Waals surface area contributed by atoms with E-state index in [1.807, 2.05) is 38.8 Å². The summed E-state index contributed by atoms with van der Waals surface area (Å²) in [4.78, 5) is 29.2. The number of anilines is 1. The number of benzene rings is 2. The second-order valence-electron chi connectivity index (χ2n) is 10.8. The summed E-state index contributed by atoms with van der Waals surface area (Å²) in [7, 11) is 4.67. The molecule has 0 fully saturated rings. The van der Waals surface area contributed by atoms with Crippen molar-refractivity contribution >= 4 is 40.3 Å². The number of methoxy groups -OCH3 is 2. The summed E-state index contributed by atoms with van der Waals surface area (Å²) in [6.45, 7) is 8.74. The first kappa shape index (κ1) is 31.2. The quantitative estimate of drug-likeness (QED) is 0.328. The molecule has 1 N–H and O–H groups in total. The fourth-order valence-corrected chi connectivity index (χ4v) is 5.08. The van der Waals surface area contributed by atoms with Crippen LogP contribution in [0.2, 0.25) is 0 Å². The Balaban J connectivity index is 0.00000441. The largest absolute Gasteiger partial charge is 0.493 e. The zero-order valence-electron chi connectivity index (χ0n) is 24.0. The number of nitrogens with zero attached hydrogens (tertiary/aromatic N) is 2. The van der Waals surface area contributed by atoms with Crippen LogP contribution in [0.5, 0.6) is 17.2 Å². The van der Waals surface area contributed by atoms with Crippen LogP contribution in [0.25, 0.3) is 0 Å². The number of likely N-dealkylation sites (N-methyl/N-ethyl adjacent to an activating group) is 1. The van der Waals surface area contributed by atoms with Crippen LogP contribution in [-0.4, -0.2) is 69.6 Å². The summed E-state index contributed by atoms with van der Waals surface area (Å²) in [5.74, 6) is -0.456. The maximum Gasteiger partial charge on any atom is 0.309 e. The molecule has 40 heavy (non-hydrogen) atoms. The minimum absolute atomic E-state index is 0. The van der Waals surface area contributed by atoms with E-state index in [1.165, 1.54) is 14.2 Å². The molecule has 0 radical (unpaired) electrons. The van der Waals surface area contributed by atoms with E-state index in [0.717, 1.165) is 11.3 Å². The van der Waals surface area contributed by atoms with E-state index in [2.05, 4.69) is 0 Å². The van der Waals surface area contributed by atoms with Crippen LogP contribution in [-0.2, 0) is 21.5 Å². The third kappa shape index (κ3) is 5.89. The number of fused-ring (bicyclic) bond motifs is 2. The maximum absolute atomic E-state index is 15.2. The van der Waals surface area contributed by atoms with Gasteiger partial charge in [-0.1, -0.05) is 20.8 Å². The van der Waals surface area contributed by atoms with Gasteiger partial charge in [0.25, 0.3) is 0 Å². The molecule has 2 aliphatic rings. The highest BCUT2D eigenvalue weighted by Gasteiger charge is 2.35. The summed E-state index contributed by atoms with van der Waals surface area (Å²) >= 11 is 0. The number of rotatable bonds is 8. The number of carbonyl (C=O) groups excluding carboxylic acids is 2. The standard InChI is InChI=1S/C29H36FN3O6.BrH/c1-8-38-23(35)12-18-14-32(5)20-10-16(9-19(26(20)39-18)29(2,3)4)21(34)15-33-13-17-11-22(36-6)27(37-7)25(30)24(17)28(33)31;/h9-11,18,31H,8,12-15H2,1-7H3;1H. The lowest BCUT2D eigenvalue weighted by Gasteiger charge is -2.37. The number of carbonyl (C=O) groups is 2. The Hall–Kier alpha value is -3.34. The van der Waals surface area contributed by atoms with Crippen molar-refractivity contribution in [1.82, 2.24) is 4.90 Å². The van der Waals surface area contributed by atoms with Crippen molar-refractivity contribution < 1.29 is 32.9 Å². The molecule has 2 aromatic carbocycles. The molecule has 9 nitrogen and oxygen atoms in total. The van der Waals surface area contributed by atoms with Crippen LogP contribution >= 0.6 is 17.0 Å². The Morgan fingerprint density at radius 3 is 2.48 bits per heavy atom. The van der Waals surface area contributed by atoms with E-state index in [4.69, 9.17) is 24.4 Å². The molecule has 1 unspecified atom stereocenters. The van der Waals surface area contributed by atoms with Gasteiger partial charge < -0.3 is 28.7 Å². The van der Waals surface area contributed by atoms with E-state index in [0.29, 0.717) is 30.0 Å². The minimum atomic E-state index is -0.674. The Morgan fingerprint density at radius 2 is 1.88 bits per heavy atom. The number of hydrogen-bond acceptors (Lipinski definition) is 8. The number of hydrogen-bond donors (Lipinski definition) is 1. The molecule has 4 rings (SSSR count). The van der Waals surface area contributed by atoms with E-state index in [1.54, 1.807) is 24.0 Å². The van der Waals surface area contributed by atoms with Crippen LogP contribution in [0.4, 0.5) is 10.1 Å². The lowest BCUT2D eigenvalue weighted by molar-refractivity contribution is -0.144. The van der Waals surface area contributed by atoms with Crippen molar-refractivity contribution in [3.63, 3.8) is 0 Å². The van der Waals surface area contributed by atoms with E-state index < -0.39 is 5.82 Å². The Labute approximate surface area is 244 Å². The smallest absolute Gasteiger partial charge is 0.309 e. The third-order valence-electron chi connectivity index (χ3n) is 7.01. The van der Waals surface area contributed by atoms with Gasteiger partial charge in [0.1, 0.15) is 17.7 Å². The molecule has 11 heteroatoms. The summed E-state index contributed by atoms with van der Waals surface area (Å²) in [5.41, 5.74) is 2.37. The van der Waals surface area contributed by atoms with Crippen LogP contribution < -0.4 is 19.1 Å². The van der Waals surface area contributed by atoms with Crippen LogP contribution in [0.1, 0.15) is 61.2 Å². The molecule has 0 aliphatic carbocycles. The molecule has 0 saturated heterocycles. The highest BCUT2D eigenvalue weighted by Crippen LogP contribution is 2.43. The van der Waals surface area contributed by atoms with Crippen molar-refractivity contribution in [2.45, 2.75) is 52.2 Å². The summed E-state index contributed by atoms with van der Waals surface area (Å²) < 4.78 is 37.0. The molecule has 2 heterocycles. The van der Waals surface area contributed by atoms with Crippen molar-refractivity contribution in [1.29, 1.82) is 5.41 Å². The number of halogens is 2. The van der Waals surface area contributed by atoms with Crippen molar-refractivity contribution in [3.05, 3.63) is 46.3 Å².